The van der Waals surface area contributed by atoms with E-state index in [1.165, 1.54) is 24.3 Å². The second kappa shape index (κ2) is 5.45. The van der Waals surface area contributed by atoms with Crippen LogP contribution in [0.3, 0.4) is 0 Å². The van der Waals surface area contributed by atoms with E-state index in [9.17, 15) is 21.6 Å². The van der Waals surface area contributed by atoms with Gasteiger partial charge in [-0.1, -0.05) is 0 Å². The third kappa shape index (κ3) is 6.06. The van der Waals surface area contributed by atoms with Gasteiger partial charge in [0.1, 0.15) is 0 Å². The molecule has 0 saturated carbocycles. The zero-order valence-electron chi connectivity index (χ0n) is 9.82. The topological polar surface area (TPSA) is 130 Å². The van der Waals surface area contributed by atoms with Crippen LogP contribution in [0.2, 0.25) is 0 Å². The summed E-state index contributed by atoms with van der Waals surface area (Å²) in [5, 5.41) is 8.40. The van der Waals surface area contributed by atoms with Crippen LogP contribution in [-0.4, -0.2) is 39.9 Å². The summed E-state index contributed by atoms with van der Waals surface area (Å²) in [4.78, 5) is 10.3. The van der Waals surface area contributed by atoms with Gasteiger partial charge >= 0.3 is 5.97 Å². The van der Waals surface area contributed by atoms with Gasteiger partial charge in [0.05, 0.1) is 6.26 Å². The van der Waals surface area contributed by atoms with E-state index in [1.807, 2.05) is 0 Å². The summed E-state index contributed by atoms with van der Waals surface area (Å²) in [5.41, 5.74) is 0.406. The molecule has 8 nitrogen and oxygen atoms in total. The standard InChI is InChI=1S/C9H12N2O6S2/c1-18(14,15)10-7-2-4-8(5-3-7)11-19(16,17)6-9(12)13/h2-5,10-11H,6H2,1H3,(H,12,13). The zero-order chi connectivity index (χ0) is 14.7. The number of carboxylic acids is 1. The Morgan fingerprint density at radius 3 is 1.84 bits per heavy atom. The Morgan fingerprint density at radius 1 is 1.05 bits per heavy atom. The molecule has 0 aliphatic carbocycles. The van der Waals surface area contributed by atoms with Crippen molar-refractivity contribution in [1.29, 1.82) is 0 Å². The first-order valence-corrected chi connectivity index (χ1v) is 8.42. The lowest BCUT2D eigenvalue weighted by atomic mass is 10.3. The second-order valence-electron chi connectivity index (χ2n) is 3.71. The average Bonchev–Trinajstić information content (AvgIpc) is 2.16. The molecule has 1 rings (SSSR count). The Labute approximate surface area is 110 Å². The van der Waals surface area contributed by atoms with Crippen molar-refractivity contribution in [3.63, 3.8) is 0 Å². The van der Waals surface area contributed by atoms with Crippen LogP contribution in [0.5, 0.6) is 0 Å². The Hall–Kier alpha value is -1.81. The molecule has 10 heteroatoms. The van der Waals surface area contributed by atoms with Crippen molar-refractivity contribution >= 4 is 37.4 Å². The van der Waals surface area contributed by atoms with E-state index in [0.29, 0.717) is 0 Å². The van der Waals surface area contributed by atoms with Crippen LogP contribution < -0.4 is 9.44 Å². The minimum Gasteiger partial charge on any atom is -0.480 e. The maximum Gasteiger partial charge on any atom is 0.320 e. The fraction of sp³-hybridized carbons (Fsp3) is 0.222. The molecule has 0 bridgehead atoms. The second-order valence-corrected chi connectivity index (χ2v) is 7.18. The van der Waals surface area contributed by atoms with Crippen molar-refractivity contribution in [3.05, 3.63) is 24.3 Å². The van der Waals surface area contributed by atoms with E-state index in [4.69, 9.17) is 5.11 Å². The predicted octanol–water partition coefficient (Wildman–Crippen LogP) is -0.116. The SMILES string of the molecule is CS(=O)(=O)Nc1ccc(NS(=O)(=O)CC(=O)O)cc1. The highest BCUT2D eigenvalue weighted by Crippen LogP contribution is 2.15. The fourth-order valence-electron chi connectivity index (χ4n) is 1.20. The number of anilines is 2. The Balaban J connectivity index is 2.80. The molecule has 19 heavy (non-hydrogen) atoms. The van der Waals surface area contributed by atoms with Crippen molar-refractivity contribution < 1.29 is 26.7 Å². The molecular weight excluding hydrogens is 296 g/mol. The molecule has 0 amide bonds. The molecular formula is C9H12N2O6S2. The highest BCUT2D eigenvalue weighted by atomic mass is 32.2. The van der Waals surface area contributed by atoms with E-state index in [0.717, 1.165) is 6.26 Å². The lowest BCUT2D eigenvalue weighted by Gasteiger charge is -2.07. The minimum absolute atomic E-state index is 0.139. The molecule has 3 N–H and O–H groups in total. The summed E-state index contributed by atoms with van der Waals surface area (Å²) >= 11 is 0. The molecule has 0 aromatic heterocycles. The largest absolute Gasteiger partial charge is 0.480 e. The van der Waals surface area contributed by atoms with Gasteiger partial charge in [-0.25, -0.2) is 16.8 Å². The van der Waals surface area contributed by atoms with Crippen LogP contribution >= 0.6 is 0 Å². The molecule has 0 atom stereocenters. The van der Waals surface area contributed by atoms with E-state index in [-0.39, 0.29) is 11.4 Å². The first-order chi connectivity index (χ1) is 8.57. The van der Waals surface area contributed by atoms with Gasteiger partial charge in [-0.05, 0) is 24.3 Å². The number of carbonyl (C=O) groups is 1. The van der Waals surface area contributed by atoms with Gasteiger partial charge in [0.25, 0.3) is 0 Å². The molecule has 0 saturated heterocycles. The number of hydrogen-bond acceptors (Lipinski definition) is 5. The lowest BCUT2D eigenvalue weighted by Crippen LogP contribution is -2.22. The highest BCUT2D eigenvalue weighted by Gasteiger charge is 2.15. The summed E-state index contributed by atoms with van der Waals surface area (Å²) < 4.78 is 48.8. The number of hydrogen-bond donors (Lipinski definition) is 3. The average molecular weight is 308 g/mol. The summed E-state index contributed by atoms with van der Waals surface area (Å²) in [6, 6.07) is 5.32. The van der Waals surface area contributed by atoms with E-state index < -0.39 is 31.8 Å². The number of aliphatic carboxylic acids is 1. The molecule has 0 radical (unpaired) electrons. The summed E-state index contributed by atoms with van der Waals surface area (Å²) in [7, 11) is -7.38. The molecule has 0 fully saturated rings. The quantitative estimate of drug-likeness (QED) is 0.672. The summed E-state index contributed by atoms with van der Waals surface area (Å²) in [6.45, 7) is 0. The van der Waals surface area contributed by atoms with Crippen molar-refractivity contribution in [2.24, 2.45) is 0 Å². The first kappa shape index (κ1) is 15.2. The van der Waals surface area contributed by atoms with Crippen molar-refractivity contribution in [2.75, 3.05) is 21.5 Å². The van der Waals surface area contributed by atoms with Gasteiger partial charge in [0.15, 0.2) is 5.75 Å². The number of rotatable bonds is 6. The molecule has 1 aromatic rings. The maximum atomic E-state index is 11.3. The van der Waals surface area contributed by atoms with Crippen LogP contribution in [0.15, 0.2) is 24.3 Å². The number of carboxylic acid groups (broad SMARTS) is 1. The molecule has 0 aliphatic rings. The number of nitrogens with one attached hydrogen (secondary N) is 2. The molecule has 0 aliphatic heterocycles. The third-order valence-corrected chi connectivity index (χ3v) is 3.56. The van der Waals surface area contributed by atoms with Crippen molar-refractivity contribution in [2.45, 2.75) is 0 Å². The minimum atomic E-state index is -3.97. The molecule has 0 heterocycles. The smallest absolute Gasteiger partial charge is 0.320 e. The van der Waals surface area contributed by atoms with Crippen LogP contribution in [0.25, 0.3) is 0 Å². The molecule has 106 valence electrons. The van der Waals surface area contributed by atoms with Gasteiger partial charge in [-0.2, -0.15) is 0 Å². The van der Waals surface area contributed by atoms with Crippen LogP contribution in [0, 0.1) is 0 Å². The van der Waals surface area contributed by atoms with Gasteiger partial charge in [0, 0.05) is 11.4 Å². The number of sulfonamides is 2. The lowest BCUT2D eigenvalue weighted by molar-refractivity contribution is -0.134. The normalized spacial score (nSPS) is 11.8. The van der Waals surface area contributed by atoms with E-state index in [1.54, 1.807) is 0 Å². The summed E-state index contributed by atoms with van der Waals surface area (Å²) in [5.74, 6) is -2.51. The Kier molecular flexibility index (Phi) is 4.37. The van der Waals surface area contributed by atoms with Crippen molar-refractivity contribution in [1.82, 2.24) is 0 Å². The maximum absolute atomic E-state index is 11.3. The van der Waals surface area contributed by atoms with Gasteiger partial charge < -0.3 is 5.11 Å². The predicted molar refractivity (Wildman–Crippen MR) is 70.0 cm³/mol. The highest BCUT2D eigenvalue weighted by molar-refractivity contribution is 7.93. The summed E-state index contributed by atoms with van der Waals surface area (Å²) in [6.07, 6.45) is 0.983. The third-order valence-electron chi connectivity index (χ3n) is 1.77. The van der Waals surface area contributed by atoms with Gasteiger partial charge in [-0.3, -0.25) is 14.2 Å². The van der Waals surface area contributed by atoms with Gasteiger partial charge in [-0.15, -0.1) is 0 Å². The zero-order valence-corrected chi connectivity index (χ0v) is 11.5. The molecule has 1 aromatic carbocycles. The van der Waals surface area contributed by atoms with E-state index >= 15 is 0 Å². The van der Waals surface area contributed by atoms with E-state index in [2.05, 4.69) is 9.44 Å². The van der Waals surface area contributed by atoms with Crippen molar-refractivity contribution in [3.8, 4) is 0 Å². The first-order valence-electron chi connectivity index (χ1n) is 4.87. The van der Waals surface area contributed by atoms with Crippen LogP contribution in [-0.2, 0) is 24.8 Å². The number of benzene rings is 1. The van der Waals surface area contributed by atoms with Crippen LogP contribution in [0.1, 0.15) is 0 Å². The van der Waals surface area contributed by atoms with Crippen LogP contribution in [0.4, 0.5) is 11.4 Å². The fourth-order valence-corrected chi connectivity index (χ4v) is 2.66. The monoisotopic (exact) mass is 308 g/mol. The Bertz CT molecular complexity index is 663. The molecule has 0 spiro atoms. The molecule has 0 unspecified atom stereocenters. The Morgan fingerprint density at radius 2 is 1.47 bits per heavy atom. The van der Waals surface area contributed by atoms with Gasteiger partial charge in [0.2, 0.25) is 20.0 Å².